The van der Waals surface area contributed by atoms with Crippen LogP contribution in [-0.4, -0.2) is 48.4 Å². The van der Waals surface area contributed by atoms with E-state index in [-0.39, 0.29) is 23.4 Å². The molecule has 0 spiro atoms. The standard InChI is InChI=1S/C23H33N5O4S/c1-17-25-22(27-32-17)23(14-6-7-15-23)24-16-21(29)26-18-10-12-20(13-11-18)33(30,31)28(2)19-8-4-3-5-9-19/h10-13,19,24H,3-9,14-16H2,1-2H3,(H,26,29). The summed E-state index contributed by atoms with van der Waals surface area (Å²) in [6.45, 7) is 1.85. The van der Waals surface area contributed by atoms with Crippen LogP contribution in [0.3, 0.4) is 0 Å². The molecule has 4 rings (SSSR count). The Morgan fingerprint density at radius 1 is 1.12 bits per heavy atom. The molecule has 2 aromatic rings. The molecule has 2 aliphatic carbocycles. The number of hydrogen-bond acceptors (Lipinski definition) is 7. The maximum Gasteiger partial charge on any atom is 0.243 e. The van der Waals surface area contributed by atoms with E-state index in [4.69, 9.17) is 4.52 Å². The summed E-state index contributed by atoms with van der Waals surface area (Å²) < 4.78 is 32.6. The van der Waals surface area contributed by atoms with Gasteiger partial charge in [0.15, 0.2) is 5.82 Å². The Labute approximate surface area is 195 Å². The van der Waals surface area contributed by atoms with Crippen LogP contribution >= 0.6 is 0 Å². The van der Waals surface area contributed by atoms with Crippen LogP contribution in [-0.2, 0) is 20.4 Å². The lowest BCUT2D eigenvalue weighted by molar-refractivity contribution is -0.115. The maximum absolute atomic E-state index is 13.0. The van der Waals surface area contributed by atoms with Gasteiger partial charge in [0.25, 0.3) is 0 Å². The molecule has 10 heteroatoms. The fourth-order valence-corrected chi connectivity index (χ4v) is 6.34. The van der Waals surface area contributed by atoms with Crippen molar-refractivity contribution < 1.29 is 17.7 Å². The van der Waals surface area contributed by atoms with Crippen molar-refractivity contribution >= 4 is 21.6 Å². The second-order valence-electron chi connectivity index (χ2n) is 9.17. The molecule has 1 aromatic carbocycles. The molecule has 9 nitrogen and oxygen atoms in total. The quantitative estimate of drug-likeness (QED) is 0.601. The minimum atomic E-state index is -3.56. The van der Waals surface area contributed by atoms with E-state index in [1.165, 1.54) is 10.7 Å². The second-order valence-corrected chi connectivity index (χ2v) is 11.2. The van der Waals surface area contributed by atoms with Crippen molar-refractivity contribution in [2.24, 2.45) is 0 Å². The molecular formula is C23H33N5O4S. The number of carbonyl (C=O) groups excluding carboxylic acids is 1. The van der Waals surface area contributed by atoms with Crippen LogP contribution < -0.4 is 10.6 Å². The number of rotatable bonds is 8. The highest BCUT2D eigenvalue weighted by Crippen LogP contribution is 2.37. The number of nitrogens with zero attached hydrogens (tertiary/aromatic N) is 3. The van der Waals surface area contributed by atoms with Crippen LogP contribution in [0, 0.1) is 6.92 Å². The predicted molar refractivity (Wildman–Crippen MR) is 124 cm³/mol. The molecule has 2 aliphatic rings. The molecule has 0 bridgehead atoms. The van der Waals surface area contributed by atoms with Gasteiger partial charge in [-0.25, -0.2) is 8.42 Å². The number of hydrogen-bond donors (Lipinski definition) is 2. The molecular weight excluding hydrogens is 442 g/mol. The van der Waals surface area contributed by atoms with E-state index >= 15 is 0 Å². The molecule has 2 N–H and O–H groups in total. The van der Waals surface area contributed by atoms with Gasteiger partial charge in [-0.2, -0.15) is 9.29 Å². The van der Waals surface area contributed by atoms with Crippen LogP contribution in [0.15, 0.2) is 33.7 Å². The van der Waals surface area contributed by atoms with Crippen molar-refractivity contribution in [1.29, 1.82) is 0 Å². The molecule has 1 aromatic heterocycles. The molecule has 1 amide bonds. The molecule has 180 valence electrons. The predicted octanol–water partition coefficient (Wildman–Crippen LogP) is 3.33. The van der Waals surface area contributed by atoms with Crippen LogP contribution in [0.4, 0.5) is 5.69 Å². The summed E-state index contributed by atoms with van der Waals surface area (Å²) in [5.41, 5.74) is 0.105. The molecule has 0 unspecified atom stereocenters. The largest absolute Gasteiger partial charge is 0.340 e. The summed E-state index contributed by atoms with van der Waals surface area (Å²) in [7, 11) is -1.89. The number of nitrogens with one attached hydrogen (secondary N) is 2. The number of aromatic nitrogens is 2. The lowest BCUT2D eigenvalue weighted by atomic mass is 9.96. The number of sulfonamides is 1. The Bertz CT molecular complexity index is 1050. The van der Waals surface area contributed by atoms with Crippen molar-refractivity contribution in [3.63, 3.8) is 0 Å². The average molecular weight is 476 g/mol. The summed E-state index contributed by atoms with van der Waals surface area (Å²) in [5.74, 6) is 0.894. The van der Waals surface area contributed by atoms with Crippen LogP contribution in [0.5, 0.6) is 0 Å². The molecule has 0 radical (unpaired) electrons. The maximum atomic E-state index is 13.0. The number of aryl methyl sites for hydroxylation is 1. The zero-order valence-corrected chi connectivity index (χ0v) is 20.2. The summed E-state index contributed by atoms with van der Waals surface area (Å²) >= 11 is 0. The van der Waals surface area contributed by atoms with E-state index in [0.717, 1.165) is 51.4 Å². The molecule has 0 atom stereocenters. The Balaban J connectivity index is 1.36. The minimum Gasteiger partial charge on any atom is -0.340 e. The SMILES string of the molecule is Cc1nc(C2(NCC(=O)Nc3ccc(S(=O)(=O)N(C)C4CCCCC4)cc3)CCCC2)no1. The number of amides is 1. The summed E-state index contributed by atoms with van der Waals surface area (Å²) in [4.78, 5) is 17.2. The zero-order chi connectivity index (χ0) is 23.5. The van der Waals surface area contributed by atoms with Gasteiger partial charge < -0.3 is 9.84 Å². The smallest absolute Gasteiger partial charge is 0.243 e. The first-order valence-corrected chi connectivity index (χ1v) is 13.2. The van der Waals surface area contributed by atoms with Gasteiger partial charge in [-0.3, -0.25) is 10.1 Å². The normalized spacial score (nSPS) is 19.1. The van der Waals surface area contributed by atoms with Crippen molar-refractivity contribution in [2.45, 2.75) is 81.2 Å². The lowest BCUT2D eigenvalue weighted by Crippen LogP contribution is -2.44. The first-order chi connectivity index (χ1) is 15.8. The second kappa shape index (κ2) is 9.90. The van der Waals surface area contributed by atoms with Crippen LogP contribution in [0.2, 0.25) is 0 Å². The van der Waals surface area contributed by atoms with Crippen molar-refractivity contribution in [1.82, 2.24) is 19.8 Å². The third-order valence-electron chi connectivity index (χ3n) is 6.90. The van der Waals surface area contributed by atoms with Gasteiger partial charge in [0.2, 0.25) is 21.8 Å². The van der Waals surface area contributed by atoms with E-state index in [1.807, 2.05) is 0 Å². The molecule has 2 fully saturated rings. The van der Waals surface area contributed by atoms with Crippen molar-refractivity contribution in [3.05, 3.63) is 36.0 Å². The van der Waals surface area contributed by atoms with Gasteiger partial charge in [0, 0.05) is 25.7 Å². The fraction of sp³-hybridized carbons (Fsp3) is 0.609. The summed E-state index contributed by atoms with van der Waals surface area (Å²) in [6.07, 6.45) is 8.88. The summed E-state index contributed by atoms with van der Waals surface area (Å²) in [5, 5.41) is 10.2. The van der Waals surface area contributed by atoms with Gasteiger partial charge in [-0.1, -0.05) is 37.3 Å². The van der Waals surface area contributed by atoms with Crippen molar-refractivity contribution in [2.75, 3.05) is 18.9 Å². The Morgan fingerprint density at radius 2 is 1.79 bits per heavy atom. The molecule has 0 saturated heterocycles. The zero-order valence-electron chi connectivity index (χ0n) is 19.3. The number of benzene rings is 1. The molecule has 0 aliphatic heterocycles. The highest BCUT2D eigenvalue weighted by atomic mass is 32.2. The van der Waals surface area contributed by atoms with Gasteiger partial charge in [0.05, 0.1) is 17.0 Å². The first-order valence-electron chi connectivity index (χ1n) is 11.7. The van der Waals surface area contributed by atoms with E-state index in [9.17, 15) is 13.2 Å². The topological polar surface area (TPSA) is 117 Å². The van der Waals surface area contributed by atoms with E-state index in [0.29, 0.717) is 17.4 Å². The lowest BCUT2D eigenvalue weighted by Gasteiger charge is -2.30. The van der Waals surface area contributed by atoms with Gasteiger partial charge in [-0.15, -0.1) is 0 Å². The van der Waals surface area contributed by atoms with Crippen LogP contribution in [0.25, 0.3) is 0 Å². The molecule has 2 saturated carbocycles. The van der Waals surface area contributed by atoms with E-state index < -0.39 is 15.6 Å². The monoisotopic (exact) mass is 475 g/mol. The van der Waals surface area contributed by atoms with Gasteiger partial charge in [0.1, 0.15) is 0 Å². The van der Waals surface area contributed by atoms with E-state index in [2.05, 4.69) is 20.8 Å². The fourth-order valence-electron chi connectivity index (χ4n) is 4.92. The van der Waals surface area contributed by atoms with E-state index in [1.54, 1.807) is 38.2 Å². The third kappa shape index (κ3) is 5.28. The number of carbonyl (C=O) groups is 1. The van der Waals surface area contributed by atoms with Gasteiger partial charge in [-0.05, 0) is 49.9 Å². The Kier molecular flexibility index (Phi) is 7.16. The highest BCUT2D eigenvalue weighted by molar-refractivity contribution is 7.89. The molecule has 33 heavy (non-hydrogen) atoms. The Morgan fingerprint density at radius 3 is 2.39 bits per heavy atom. The minimum absolute atomic E-state index is 0.0557. The van der Waals surface area contributed by atoms with Gasteiger partial charge >= 0.3 is 0 Å². The molecule has 1 heterocycles. The highest BCUT2D eigenvalue weighted by Gasteiger charge is 2.39. The summed E-state index contributed by atoms with van der Waals surface area (Å²) in [6, 6.07) is 6.43. The average Bonchev–Trinajstić information content (AvgIpc) is 3.48. The van der Waals surface area contributed by atoms with Crippen LogP contribution in [0.1, 0.15) is 69.5 Å². The van der Waals surface area contributed by atoms with Crippen molar-refractivity contribution in [3.8, 4) is 0 Å². The number of anilines is 1. The Hall–Kier alpha value is -2.30. The first kappa shape index (κ1) is 23.8. The third-order valence-corrected chi connectivity index (χ3v) is 8.83.